The number of nitrogens with zero attached hydrogens (tertiary/aromatic N) is 4. The number of hydrogen-bond acceptors (Lipinski definition) is 4. The molecule has 0 atom stereocenters. The minimum atomic E-state index is 0.770. The van der Waals surface area contributed by atoms with E-state index < -0.39 is 0 Å². The predicted octanol–water partition coefficient (Wildman–Crippen LogP) is 3.15. The summed E-state index contributed by atoms with van der Waals surface area (Å²) in [5.41, 5.74) is 2.24. The van der Waals surface area contributed by atoms with Crippen LogP contribution < -0.4 is 10.2 Å². The van der Waals surface area contributed by atoms with Crippen LogP contribution in [0.5, 0.6) is 0 Å². The summed E-state index contributed by atoms with van der Waals surface area (Å²) in [6, 6.07) is 4.15. The van der Waals surface area contributed by atoms with Crippen LogP contribution in [0.15, 0.2) is 30.9 Å². The normalized spacial score (nSPS) is 10.6. The van der Waals surface area contributed by atoms with Crippen molar-refractivity contribution in [1.29, 1.82) is 0 Å². The van der Waals surface area contributed by atoms with Gasteiger partial charge in [-0.05, 0) is 32.4 Å². The molecule has 1 N–H and O–H groups in total. The van der Waals surface area contributed by atoms with Crippen molar-refractivity contribution < 1.29 is 0 Å². The van der Waals surface area contributed by atoms with Gasteiger partial charge in [0, 0.05) is 25.8 Å². The lowest BCUT2D eigenvalue weighted by Gasteiger charge is -2.19. The molecule has 0 bridgehead atoms. The van der Waals surface area contributed by atoms with Crippen LogP contribution in [0.25, 0.3) is 0 Å². The predicted molar refractivity (Wildman–Crippen MR) is 87.6 cm³/mol. The Balaban J connectivity index is 1.96. The highest BCUT2D eigenvalue weighted by atomic mass is 15.2. The number of pyridine rings is 1. The summed E-state index contributed by atoms with van der Waals surface area (Å²) in [6.45, 7) is 10.2. The first kappa shape index (κ1) is 15.4. The molecule has 0 aliphatic carbocycles. The van der Waals surface area contributed by atoms with Crippen LogP contribution in [0.2, 0.25) is 0 Å². The number of aromatic nitrogens is 3. The maximum Gasteiger partial charge on any atom is 0.128 e. The summed E-state index contributed by atoms with van der Waals surface area (Å²) >= 11 is 0. The molecular formula is C16H25N5. The Kier molecular flexibility index (Phi) is 5.60. The minimum Gasteiger partial charge on any atom is -0.378 e. The van der Waals surface area contributed by atoms with Gasteiger partial charge in [0.15, 0.2) is 0 Å². The van der Waals surface area contributed by atoms with E-state index in [4.69, 9.17) is 0 Å². The summed E-state index contributed by atoms with van der Waals surface area (Å²) in [5, 5.41) is 3.41. The monoisotopic (exact) mass is 287 g/mol. The average Bonchev–Trinajstić information content (AvgIpc) is 2.95. The van der Waals surface area contributed by atoms with Crippen molar-refractivity contribution >= 4 is 11.5 Å². The van der Waals surface area contributed by atoms with Crippen LogP contribution in [0.4, 0.5) is 11.5 Å². The van der Waals surface area contributed by atoms with Gasteiger partial charge in [0.2, 0.25) is 0 Å². The molecule has 0 aromatic carbocycles. The smallest absolute Gasteiger partial charge is 0.128 e. The lowest BCUT2D eigenvalue weighted by Crippen LogP contribution is -2.22. The molecule has 0 aliphatic heterocycles. The molecule has 0 amide bonds. The van der Waals surface area contributed by atoms with Gasteiger partial charge in [0.05, 0.1) is 30.5 Å². The third-order valence-electron chi connectivity index (χ3n) is 3.57. The Morgan fingerprint density at radius 1 is 1.14 bits per heavy atom. The second kappa shape index (κ2) is 7.67. The van der Waals surface area contributed by atoms with Gasteiger partial charge in [0.1, 0.15) is 5.82 Å². The molecule has 0 fully saturated rings. The van der Waals surface area contributed by atoms with E-state index in [1.54, 1.807) is 0 Å². The number of nitrogens with one attached hydrogen (secondary N) is 1. The fourth-order valence-electron chi connectivity index (χ4n) is 2.36. The van der Waals surface area contributed by atoms with E-state index in [1.807, 2.05) is 18.7 Å². The maximum absolute atomic E-state index is 4.52. The van der Waals surface area contributed by atoms with Gasteiger partial charge in [-0.15, -0.1) is 0 Å². The Morgan fingerprint density at radius 2 is 1.95 bits per heavy atom. The standard InChI is InChI=1S/C16H25N5/c1-4-9-21-13-17-11-15(21)12-18-14-7-8-16(19-10-14)20(5-2)6-3/h7-8,10-11,13,18H,4-6,9,12H2,1-3H3. The van der Waals surface area contributed by atoms with Crippen molar-refractivity contribution in [2.75, 3.05) is 23.3 Å². The number of hydrogen-bond donors (Lipinski definition) is 1. The molecule has 0 radical (unpaired) electrons. The zero-order valence-electron chi connectivity index (χ0n) is 13.2. The molecule has 0 spiro atoms. The number of rotatable bonds is 8. The van der Waals surface area contributed by atoms with Crippen LogP contribution in [0.1, 0.15) is 32.9 Å². The van der Waals surface area contributed by atoms with E-state index in [-0.39, 0.29) is 0 Å². The SMILES string of the molecule is CCCn1cncc1CNc1ccc(N(CC)CC)nc1. The van der Waals surface area contributed by atoms with E-state index in [0.717, 1.165) is 44.1 Å². The highest BCUT2D eigenvalue weighted by Gasteiger charge is 2.04. The summed E-state index contributed by atoms with van der Waals surface area (Å²) in [7, 11) is 0. The molecule has 5 nitrogen and oxygen atoms in total. The first-order valence-electron chi connectivity index (χ1n) is 7.72. The van der Waals surface area contributed by atoms with Crippen molar-refractivity contribution in [1.82, 2.24) is 14.5 Å². The summed E-state index contributed by atoms with van der Waals surface area (Å²) in [6.07, 6.45) is 6.82. The Bertz CT molecular complexity index is 528. The third-order valence-corrected chi connectivity index (χ3v) is 3.57. The molecule has 2 rings (SSSR count). The Hall–Kier alpha value is -2.04. The maximum atomic E-state index is 4.52. The fraction of sp³-hybridized carbons (Fsp3) is 0.500. The van der Waals surface area contributed by atoms with Crippen molar-refractivity contribution in [2.45, 2.75) is 40.3 Å². The molecule has 0 saturated carbocycles. The van der Waals surface area contributed by atoms with Crippen LogP contribution in [0.3, 0.4) is 0 Å². The van der Waals surface area contributed by atoms with Gasteiger partial charge in [-0.3, -0.25) is 0 Å². The molecule has 2 heterocycles. The van der Waals surface area contributed by atoms with Gasteiger partial charge >= 0.3 is 0 Å². The van der Waals surface area contributed by atoms with Gasteiger partial charge in [-0.2, -0.15) is 0 Å². The molecule has 0 saturated heterocycles. The molecule has 2 aromatic heterocycles. The molecule has 0 aliphatic rings. The van der Waals surface area contributed by atoms with Crippen LogP contribution in [-0.4, -0.2) is 27.6 Å². The van der Waals surface area contributed by atoms with Crippen molar-refractivity contribution in [3.63, 3.8) is 0 Å². The molecule has 21 heavy (non-hydrogen) atoms. The number of imidazole rings is 1. The lowest BCUT2D eigenvalue weighted by atomic mass is 10.3. The number of aryl methyl sites for hydroxylation is 1. The molecular weight excluding hydrogens is 262 g/mol. The van der Waals surface area contributed by atoms with Crippen molar-refractivity contribution in [2.24, 2.45) is 0 Å². The van der Waals surface area contributed by atoms with E-state index in [9.17, 15) is 0 Å². The van der Waals surface area contributed by atoms with Gasteiger partial charge in [-0.1, -0.05) is 6.92 Å². The quantitative estimate of drug-likeness (QED) is 0.810. The summed E-state index contributed by atoms with van der Waals surface area (Å²) in [5.74, 6) is 1.03. The van der Waals surface area contributed by atoms with Gasteiger partial charge in [-0.25, -0.2) is 9.97 Å². The topological polar surface area (TPSA) is 46.0 Å². The first-order chi connectivity index (χ1) is 10.3. The van der Waals surface area contributed by atoms with E-state index in [1.165, 1.54) is 5.69 Å². The van der Waals surface area contributed by atoms with Crippen LogP contribution in [0, 0.1) is 0 Å². The Labute approximate surface area is 127 Å². The zero-order chi connectivity index (χ0) is 15.1. The fourth-order valence-corrected chi connectivity index (χ4v) is 2.36. The van der Waals surface area contributed by atoms with Crippen molar-refractivity contribution in [3.8, 4) is 0 Å². The largest absolute Gasteiger partial charge is 0.378 e. The minimum absolute atomic E-state index is 0.770. The van der Waals surface area contributed by atoms with E-state index in [0.29, 0.717) is 0 Å². The number of anilines is 2. The molecule has 2 aromatic rings. The highest BCUT2D eigenvalue weighted by molar-refractivity contribution is 5.48. The summed E-state index contributed by atoms with van der Waals surface area (Å²) in [4.78, 5) is 11.0. The van der Waals surface area contributed by atoms with Crippen LogP contribution >= 0.6 is 0 Å². The van der Waals surface area contributed by atoms with Crippen LogP contribution in [-0.2, 0) is 13.1 Å². The summed E-state index contributed by atoms with van der Waals surface area (Å²) < 4.78 is 2.19. The highest BCUT2D eigenvalue weighted by Crippen LogP contribution is 2.14. The lowest BCUT2D eigenvalue weighted by molar-refractivity contribution is 0.651. The first-order valence-corrected chi connectivity index (χ1v) is 7.72. The van der Waals surface area contributed by atoms with Crippen molar-refractivity contribution in [3.05, 3.63) is 36.5 Å². The molecule has 5 heteroatoms. The Morgan fingerprint density at radius 3 is 2.57 bits per heavy atom. The second-order valence-electron chi connectivity index (χ2n) is 5.01. The van der Waals surface area contributed by atoms with Gasteiger partial charge < -0.3 is 14.8 Å². The van der Waals surface area contributed by atoms with E-state index in [2.05, 4.69) is 57.7 Å². The second-order valence-corrected chi connectivity index (χ2v) is 5.01. The van der Waals surface area contributed by atoms with Gasteiger partial charge in [0.25, 0.3) is 0 Å². The molecule has 114 valence electrons. The third kappa shape index (κ3) is 3.97. The zero-order valence-corrected chi connectivity index (χ0v) is 13.2. The molecule has 0 unspecified atom stereocenters. The van der Waals surface area contributed by atoms with E-state index >= 15 is 0 Å². The average molecular weight is 287 g/mol.